The monoisotopic (exact) mass is 294 g/mol. The van der Waals surface area contributed by atoms with E-state index in [4.69, 9.17) is 4.98 Å². The van der Waals surface area contributed by atoms with Gasteiger partial charge in [-0.1, -0.05) is 38.5 Å². The highest BCUT2D eigenvalue weighted by Gasteiger charge is 2.22. The van der Waals surface area contributed by atoms with Crippen LogP contribution >= 0.6 is 11.3 Å². The van der Waals surface area contributed by atoms with E-state index in [9.17, 15) is 4.79 Å². The number of anilines is 1. The lowest BCUT2D eigenvalue weighted by Gasteiger charge is -2.20. The molecule has 20 heavy (non-hydrogen) atoms. The zero-order chi connectivity index (χ0) is 14.5. The third-order valence-electron chi connectivity index (χ3n) is 4.30. The number of rotatable bonds is 5. The van der Waals surface area contributed by atoms with Gasteiger partial charge in [-0.05, 0) is 37.5 Å². The number of hydrogen-bond acceptors (Lipinski definition) is 4. The summed E-state index contributed by atoms with van der Waals surface area (Å²) in [4.78, 5) is 19.1. The molecule has 0 saturated carbocycles. The van der Waals surface area contributed by atoms with Crippen LogP contribution < -0.4 is 4.90 Å². The molecule has 112 valence electrons. The largest absolute Gasteiger partial charge is 0.348 e. The summed E-state index contributed by atoms with van der Waals surface area (Å²) in [5, 5.41) is 1.06. The third-order valence-corrected chi connectivity index (χ3v) is 5.38. The second-order valence-electron chi connectivity index (χ2n) is 6.10. The molecule has 2 heterocycles. The van der Waals surface area contributed by atoms with Crippen molar-refractivity contribution in [1.82, 2.24) is 4.98 Å². The number of aromatic nitrogens is 1. The highest BCUT2D eigenvalue weighted by molar-refractivity contribution is 7.17. The first-order chi connectivity index (χ1) is 9.65. The fraction of sp³-hybridized carbons (Fsp3) is 0.750. The number of nitrogens with zero attached hydrogens (tertiary/aromatic N) is 2. The minimum absolute atomic E-state index is 0.771. The van der Waals surface area contributed by atoms with Crippen LogP contribution in [0.2, 0.25) is 0 Å². The molecule has 0 radical (unpaired) electrons. The Morgan fingerprint density at radius 1 is 1.40 bits per heavy atom. The minimum Gasteiger partial charge on any atom is -0.348 e. The summed E-state index contributed by atoms with van der Waals surface area (Å²) in [6.45, 7) is 8.95. The molecule has 1 unspecified atom stereocenters. The number of thiazole rings is 1. The van der Waals surface area contributed by atoms with Crippen molar-refractivity contribution in [3.8, 4) is 0 Å². The van der Waals surface area contributed by atoms with E-state index in [1.165, 1.54) is 19.3 Å². The van der Waals surface area contributed by atoms with E-state index in [0.29, 0.717) is 0 Å². The number of aryl methyl sites for hydroxylation is 1. The quantitative estimate of drug-likeness (QED) is 0.764. The van der Waals surface area contributed by atoms with Crippen molar-refractivity contribution >= 4 is 22.8 Å². The first kappa shape index (κ1) is 15.5. The highest BCUT2D eigenvalue weighted by Crippen LogP contribution is 2.31. The molecule has 0 aromatic carbocycles. The Hall–Kier alpha value is -0.900. The maximum absolute atomic E-state index is 11.2. The van der Waals surface area contributed by atoms with Crippen LogP contribution in [0, 0.1) is 11.8 Å². The molecule has 0 amide bonds. The lowest BCUT2D eigenvalue weighted by atomic mass is 9.89. The lowest BCUT2D eigenvalue weighted by Crippen LogP contribution is -2.24. The molecule has 0 N–H and O–H groups in total. The first-order valence-electron chi connectivity index (χ1n) is 7.85. The molecule has 0 aliphatic carbocycles. The fourth-order valence-electron chi connectivity index (χ4n) is 2.97. The molecule has 1 aromatic rings. The molecular formula is C16H26N2OS. The van der Waals surface area contributed by atoms with Gasteiger partial charge < -0.3 is 4.90 Å². The van der Waals surface area contributed by atoms with E-state index in [2.05, 4.69) is 25.7 Å². The van der Waals surface area contributed by atoms with Crippen LogP contribution in [-0.4, -0.2) is 24.4 Å². The van der Waals surface area contributed by atoms with Gasteiger partial charge in [0.2, 0.25) is 0 Å². The Labute approximate surface area is 126 Å². The second-order valence-corrected chi connectivity index (χ2v) is 7.11. The van der Waals surface area contributed by atoms with Crippen LogP contribution in [-0.2, 0) is 6.42 Å². The number of hydrogen-bond donors (Lipinski definition) is 0. The van der Waals surface area contributed by atoms with E-state index in [-0.39, 0.29) is 0 Å². The molecule has 1 saturated heterocycles. The summed E-state index contributed by atoms with van der Waals surface area (Å²) in [6.07, 6.45) is 6.73. The van der Waals surface area contributed by atoms with Gasteiger partial charge in [0.1, 0.15) is 0 Å². The second kappa shape index (κ2) is 7.21. The van der Waals surface area contributed by atoms with Crippen LogP contribution in [0.15, 0.2) is 0 Å². The summed E-state index contributed by atoms with van der Waals surface area (Å²) < 4.78 is 0. The van der Waals surface area contributed by atoms with Crippen LogP contribution in [0.1, 0.15) is 61.8 Å². The van der Waals surface area contributed by atoms with Crippen LogP contribution in [0.3, 0.4) is 0 Å². The standard InChI is InChI=1S/C16H26N2OS/c1-4-6-14-15(11-19)20-16(17-14)18-9-5-7-13(8-10-18)12(2)3/h11-13H,4-10H2,1-3H3. The molecule has 4 heteroatoms. The van der Waals surface area contributed by atoms with Crippen molar-refractivity contribution in [1.29, 1.82) is 0 Å². The third kappa shape index (κ3) is 3.60. The van der Waals surface area contributed by atoms with Gasteiger partial charge in [-0.2, -0.15) is 0 Å². The molecule has 1 aromatic heterocycles. The maximum atomic E-state index is 11.2. The van der Waals surface area contributed by atoms with Crippen LogP contribution in [0.5, 0.6) is 0 Å². The SMILES string of the molecule is CCCc1nc(N2CCCC(C(C)C)CC2)sc1C=O. The smallest absolute Gasteiger partial charge is 0.186 e. The fourth-order valence-corrected chi connectivity index (χ4v) is 3.95. The van der Waals surface area contributed by atoms with Gasteiger partial charge in [0.15, 0.2) is 11.4 Å². The van der Waals surface area contributed by atoms with Crippen molar-refractivity contribution in [2.24, 2.45) is 11.8 Å². The Balaban J connectivity index is 2.09. The zero-order valence-electron chi connectivity index (χ0n) is 12.9. The number of aldehydes is 1. The highest BCUT2D eigenvalue weighted by atomic mass is 32.1. The number of carbonyl (C=O) groups excluding carboxylic acids is 1. The molecule has 1 atom stereocenters. The van der Waals surface area contributed by atoms with Crippen molar-refractivity contribution in [2.75, 3.05) is 18.0 Å². The van der Waals surface area contributed by atoms with Gasteiger partial charge in [-0.3, -0.25) is 4.79 Å². The van der Waals surface area contributed by atoms with Gasteiger partial charge in [0, 0.05) is 13.1 Å². The maximum Gasteiger partial charge on any atom is 0.186 e. The van der Waals surface area contributed by atoms with Crippen LogP contribution in [0.25, 0.3) is 0 Å². The van der Waals surface area contributed by atoms with E-state index in [1.807, 2.05) is 0 Å². The van der Waals surface area contributed by atoms with Gasteiger partial charge >= 0.3 is 0 Å². The molecule has 1 fully saturated rings. The first-order valence-corrected chi connectivity index (χ1v) is 8.67. The summed E-state index contributed by atoms with van der Waals surface area (Å²) >= 11 is 1.57. The van der Waals surface area contributed by atoms with Crippen molar-refractivity contribution in [3.63, 3.8) is 0 Å². The Morgan fingerprint density at radius 2 is 2.20 bits per heavy atom. The lowest BCUT2D eigenvalue weighted by molar-refractivity contribution is 0.112. The number of carbonyl (C=O) groups is 1. The van der Waals surface area contributed by atoms with Crippen molar-refractivity contribution in [2.45, 2.75) is 52.9 Å². The summed E-state index contributed by atoms with van der Waals surface area (Å²) in [5.41, 5.74) is 0.993. The summed E-state index contributed by atoms with van der Waals surface area (Å²) in [6, 6.07) is 0. The average molecular weight is 294 g/mol. The van der Waals surface area contributed by atoms with E-state index in [0.717, 1.165) is 59.8 Å². The average Bonchev–Trinajstić information content (AvgIpc) is 2.67. The van der Waals surface area contributed by atoms with Gasteiger partial charge in [0.25, 0.3) is 0 Å². The summed E-state index contributed by atoms with van der Waals surface area (Å²) in [7, 11) is 0. The Bertz CT molecular complexity index is 442. The van der Waals surface area contributed by atoms with E-state index < -0.39 is 0 Å². The molecule has 1 aliphatic heterocycles. The van der Waals surface area contributed by atoms with Gasteiger partial charge in [0.05, 0.1) is 10.6 Å². The molecule has 1 aliphatic rings. The van der Waals surface area contributed by atoms with Gasteiger partial charge in [-0.25, -0.2) is 4.98 Å². The van der Waals surface area contributed by atoms with E-state index >= 15 is 0 Å². The minimum atomic E-state index is 0.771. The predicted octanol–water partition coefficient (Wildman–Crippen LogP) is 4.17. The Morgan fingerprint density at radius 3 is 2.85 bits per heavy atom. The van der Waals surface area contributed by atoms with Gasteiger partial charge in [-0.15, -0.1) is 0 Å². The molecule has 3 nitrogen and oxygen atoms in total. The summed E-state index contributed by atoms with van der Waals surface area (Å²) in [5.74, 6) is 1.60. The molecule has 0 bridgehead atoms. The normalized spacial score (nSPS) is 20.2. The van der Waals surface area contributed by atoms with Crippen molar-refractivity contribution in [3.05, 3.63) is 10.6 Å². The molecule has 2 rings (SSSR count). The molecular weight excluding hydrogens is 268 g/mol. The molecule has 0 spiro atoms. The van der Waals surface area contributed by atoms with E-state index in [1.54, 1.807) is 11.3 Å². The Kier molecular flexibility index (Phi) is 5.58. The van der Waals surface area contributed by atoms with Crippen LogP contribution in [0.4, 0.5) is 5.13 Å². The predicted molar refractivity (Wildman–Crippen MR) is 85.9 cm³/mol. The van der Waals surface area contributed by atoms with Crippen molar-refractivity contribution < 1.29 is 4.79 Å². The topological polar surface area (TPSA) is 33.2 Å². The zero-order valence-corrected chi connectivity index (χ0v) is 13.7.